The van der Waals surface area contributed by atoms with Gasteiger partial charge in [-0.2, -0.15) is 0 Å². The second-order valence-electron chi connectivity index (χ2n) is 16.9. The van der Waals surface area contributed by atoms with Crippen molar-refractivity contribution in [1.29, 1.82) is 0 Å². The van der Waals surface area contributed by atoms with Crippen LogP contribution in [-0.4, -0.2) is 96.7 Å². The van der Waals surface area contributed by atoms with Crippen LogP contribution >= 0.6 is 11.3 Å². The fraction of sp³-hybridized carbons (Fsp3) is 0.444. The second kappa shape index (κ2) is 17.8. The minimum atomic E-state index is -0.751. The molecular weight excluding hydrogens is 783 g/mol. The molecule has 5 aromatic rings. The normalized spacial score (nSPS) is 17.9. The Hall–Kier alpha value is -5.83. The van der Waals surface area contributed by atoms with Gasteiger partial charge in [0.1, 0.15) is 17.5 Å². The Bertz CT molecular complexity index is 2310. The predicted molar refractivity (Wildman–Crippen MR) is 227 cm³/mol. The Kier molecular flexibility index (Phi) is 12.5. The van der Waals surface area contributed by atoms with Crippen LogP contribution in [0.25, 0.3) is 26.7 Å². The summed E-state index contributed by atoms with van der Waals surface area (Å²) in [6.07, 6.45) is 7.88. The van der Waals surface area contributed by atoms with Crippen LogP contribution < -0.4 is 5.32 Å². The topological polar surface area (TPSA) is 168 Å². The molecule has 14 nitrogen and oxygen atoms in total. The van der Waals surface area contributed by atoms with E-state index in [9.17, 15) is 24.0 Å². The Morgan fingerprint density at radius 2 is 1.62 bits per heavy atom. The van der Waals surface area contributed by atoms with Crippen molar-refractivity contribution in [3.8, 4) is 21.7 Å². The number of nitrogens with zero attached hydrogens (tertiary/aromatic N) is 5. The van der Waals surface area contributed by atoms with Crippen molar-refractivity contribution < 1.29 is 33.4 Å². The number of rotatable bonds is 13. The van der Waals surface area contributed by atoms with Gasteiger partial charge in [0.25, 0.3) is 0 Å². The molecule has 3 aromatic heterocycles. The van der Waals surface area contributed by atoms with E-state index in [2.05, 4.69) is 15.3 Å². The minimum absolute atomic E-state index is 0.0731. The number of aromatic amines is 1. The van der Waals surface area contributed by atoms with E-state index in [1.807, 2.05) is 85.2 Å². The summed E-state index contributed by atoms with van der Waals surface area (Å²) in [6.45, 7) is 10.2. The number of methoxy groups -OCH3 is 1. The summed E-state index contributed by atoms with van der Waals surface area (Å²) in [5, 5.41) is 2.69. The molecule has 0 radical (unpaired) electrons. The first kappa shape index (κ1) is 42.3. The van der Waals surface area contributed by atoms with Crippen LogP contribution in [-0.2, 0) is 35.1 Å². The minimum Gasteiger partial charge on any atom is -0.460 e. The number of carbonyl (C=O) groups excluding carboxylic acids is 5. The molecule has 316 valence electrons. The lowest BCUT2D eigenvalue weighted by Crippen LogP contribution is -2.51. The van der Waals surface area contributed by atoms with Gasteiger partial charge >= 0.3 is 12.1 Å². The number of benzene rings is 2. The summed E-state index contributed by atoms with van der Waals surface area (Å²) < 4.78 is 12.3. The third-order valence-corrected chi connectivity index (χ3v) is 12.1. The van der Waals surface area contributed by atoms with Crippen LogP contribution in [0.3, 0.4) is 0 Å². The van der Waals surface area contributed by atoms with Crippen LogP contribution in [0.5, 0.6) is 0 Å². The number of ether oxygens (including phenoxy) is 2. The van der Waals surface area contributed by atoms with Crippen molar-refractivity contribution in [2.45, 2.75) is 103 Å². The molecule has 0 aliphatic carbocycles. The maximum absolute atomic E-state index is 14.1. The third kappa shape index (κ3) is 9.46. The highest BCUT2D eigenvalue weighted by atomic mass is 32.1. The maximum Gasteiger partial charge on any atom is 0.407 e. The number of thiazole rings is 1. The fourth-order valence-corrected chi connectivity index (χ4v) is 9.16. The number of hydrogen-bond donors (Lipinski definition) is 2. The average Bonchev–Trinajstić information content (AvgIpc) is 4.07. The lowest BCUT2D eigenvalue weighted by Gasteiger charge is -2.30. The number of likely N-dealkylation sites (tertiary alicyclic amines) is 2. The van der Waals surface area contributed by atoms with Crippen LogP contribution in [0.4, 0.5) is 4.79 Å². The molecule has 2 aliphatic heterocycles. The Morgan fingerprint density at radius 3 is 2.30 bits per heavy atom. The standard InChI is InChI=1S/C45H53N7O7S/c1-27(2)39(49-44(57)58-6)42(56)52-21-11-15-35(52)40-46-24-33(48-40)29-16-18-30(19-17-29)37-26-50-25-31(47-43(50)60-37)22-36(53)34-14-10-20-51(34)41(55)32(28-12-8-7-9-13-28)23-38(54)59-45(3,4)5/h7-9,12-13,16-19,24-27,32,34-35,39H,10-11,14-15,20-23H2,1-6H3,(H,46,48)(H,49,57)/t32-,34?,35-,39-/m0/s1. The van der Waals surface area contributed by atoms with Crippen LogP contribution in [0, 0.1) is 5.92 Å². The van der Waals surface area contributed by atoms with E-state index < -0.39 is 35.7 Å². The zero-order valence-electron chi connectivity index (χ0n) is 35.0. The monoisotopic (exact) mass is 835 g/mol. The Labute approximate surface area is 353 Å². The molecule has 0 spiro atoms. The lowest BCUT2D eigenvalue weighted by atomic mass is 9.93. The number of nitrogens with one attached hydrogen (secondary N) is 2. The molecule has 3 amide bonds. The Balaban J connectivity index is 0.991. The maximum atomic E-state index is 14.1. The predicted octanol–water partition coefficient (Wildman–Crippen LogP) is 7.12. The quantitative estimate of drug-likeness (QED) is 0.117. The van der Waals surface area contributed by atoms with Crippen molar-refractivity contribution in [2.75, 3.05) is 20.2 Å². The molecule has 5 heterocycles. The molecule has 15 heteroatoms. The van der Waals surface area contributed by atoms with Gasteiger partial charge in [-0.15, -0.1) is 0 Å². The highest BCUT2D eigenvalue weighted by Gasteiger charge is 2.40. The van der Waals surface area contributed by atoms with Crippen LogP contribution in [0.15, 0.2) is 73.2 Å². The summed E-state index contributed by atoms with van der Waals surface area (Å²) in [5.41, 5.74) is 3.46. The van der Waals surface area contributed by atoms with Crippen molar-refractivity contribution in [2.24, 2.45) is 5.92 Å². The van der Waals surface area contributed by atoms with Gasteiger partial charge in [0, 0.05) is 25.5 Å². The summed E-state index contributed by atoms with van der Waals surface area (Å²) >= 11 is 1.52. The molecule has 0 saturated carbocycles. The zero-order valence-corrected chi connectivity index (χ0v) is 35.8. The zero-order chi connectivity index (χ0) is 42.7. The van der Waals surface area contributed by atoms with Gasteiger partial charge < -0.3 is 29.6 Å². The van der Waals surface area contributed by atoms with Crippen molar-refractivity contribution in [3.63, 3.8) is 0 Å². The molecular formula is C45H53N7O7S. The summed E-state index contributed by atoms with van der Waals surface area (Å²) in [5.74, 6) is -1.09. The van der Waals surface area contributed by atoms with E-state index in [0.29, 0.717) is 37.4 Å². The number of alkyl carbamates (subject to hydrolysis) is 1. The van der Waals surface area contributed by atoms with Gasteiger partial charge in [-0.1, -0.05) is 79.8 Å². The smallest absolute Gasteiger partial charge is 0.407 e. The number of fused-ring (bicyclic) bond motifs is 1. The van der Waals surface area contributed by atoms with E-state index in [1.54, 1.807) is 36.8 Å². The average molecular weight is 836 g/mol. The van der Waals surface area contributed by atoms with Crippen LogP contribution in [0.1, 0.15) is 95.8 Å². The first-order valence-corrected chi connectivity index (χ1v) is 21.4. The number of esters is 1. The fourth-order valence-electron chi connectivity index (χ4n) is 8.17. The van der Waals surface area contributed by atoms with E-state index >= 15 is 0 Å². The summed E-state index contributed by atoms with van der Waals surface area (Å²) in [4.78, 5) is 84.4. The van der Waals surface area contributed by atoms with Crippen molar-refractivity contribution in [1.82, 2.24) is 34.5 Å². The lowest BCUT2D eigenvalue weighted by molar-refractivity contribution is -0.157. The largest absolute Gasteiger partial charge is 0.460 e. The van der Waals surface area contributed by atoms with Crippen LogP contribution in [0.2, 0.25) is 0 Å². The highest BCUT2D eigenvalue weighted by Crippen LogP contribution is 2.35. The second-order valence-corrected chi connectivity index (χ2v) is 17.9. The number of aromatic nitrogens is 4. The number of Topliss-reactive ketones (excluding diaryl/α,β-unsaturated/α-hetero) is 1. The molecule has 1 unspecified atom stereocenters. The number of amides is 3. The third-order valence-electron chi connectivity index (χ3n) is 11.1. The van der Waals surface area contributed by atoms with Crippen molar-refractivity contribution >= 4 is 46.0 Å². The molecule has 2 saturated heterocycles. The summed E-state index contributed by atoms with van der Waals surface area (Å²) in [6, 6.07) is 15.8. The molecule has 0 bridgehead atoms. The highest BCUT2D eigenvalue weighted by molar-refractivity contribution is 7.20. The number of imidazole rings is 2. The SMILES string of the molecule is COC(=O)N[C@H](C(=O)N1CCC[C@H]1c1ncc(-c2ccc(-c3cn4cc(CC(=O)C5CCCN5C(=O)[C@@H](CC(=O)OC(C)(C)C)c5ccccc5)nc4s3)cc2)[nH]1)C(C)C. The molecule has 7 rings (SSSR count). The molecule has 2 aliphatic rings. The van der Waals surface area contributed by atoms with Gasteiger partial charge in [-0.25, -0.2) is 14.8 Å². The van der Waals surface area contributed by atoms with Gasteiger partial charge in [-0.05, 0) is 69.1 Å². The number of H-pyrrole nitrogens is 1. The van der Waals surface area contributed by atoms with Gasteiger partial charge in [0.15, 0.2) is 10.7 Å². The van der Waals surface area contributed by atoms with E-state index in [1.165, 1.54) is 18.4 Å². The van der Waals surface area contributed by atoms with Crippen molar-refractivity contribution in [3.05, 3.63) is 90.3 Å². The van der Waals surface area contributed by atoms with Gasteiger partial charge in [-0.3, -0.25) is 23.6 Å². The molecule has 2 aromatic carbocycles. The van der Waals surface area contributed by atoms with Gasteiger partial charge in [0.05, 0.1) is 60.4 Å². The molecule has 2 fully saturated rings. The first-order valence-electron chi connectivity index (χ1n) is 20.6. The van der Waals surface area contributed by atoms with E-state index in [0.717, 1.165) is 45.1 Å². The number of carbonyl (C=O) groups is 5. The summed E-state index contributed by atoms with van der Waals surface area (Å²) in [7, 11) is 1.28. The first-order chi connectivity index (χ1) is 28.7. The number of ketones is 1. The molecule has 60 heavy (non-hydrogen) atoms. The molecule has 2 N–H and O–H groups in total. The number of hydrogen-bond acceptors (Lipinski definition) is 10. The van der Waals surface area contributed by atoms with Gasteiger partial charge in [0.2, 0.25) is 11.8 Å². The Morgan fingerprint density at radius 1 is 0.917 bits per heavy atom. The van der Waals surface area contributed by atoms with E-state index in [4.69, 9.17) is 14.5 Å². The molecule has 4 atom stereocenters. The van der Waals surface area contributed by atoms with E-state index in [-0.39, 0.29) is 42.4 Å².